The van der Waals surface area contributed by atoms with Crippen molar-refractivity contribution >= 4 is 16.5 Å². The number of hydrogen-bond donors (Lipinski definition) is 1. The van der Waals surface area contributed by atoms with Crippen LogP contribution in [-0.4, -0.2) is 16.2 Å². The molecule has 1 N–H and O–H groups in total. The Balaban J connectivity index is 1.88. The van der Waals surface area contributed by atoms with Crippen molar-refractivity contribution in [2.45, 2.75) is 39.7 Å². The minimum atomic E-state index is 0.363. The zero-order chi connectivity index (χ0) is 13.7. The first-order valence-corrected chi connectivity index (χ1v) is 7.58. The third kappa shape index (κ3) is 4.63. The van der Waals surface area contributed by atoms with Crippen LogP contribution in [0, 0.1) is 5.92 Å². The number of hydrogen-bond acceptors (Lipinski definition) is 4. The second-order valence-corrected chi connectivity index (χ2v) is 6.40. The van der Waals surface area contributed by atoms with Gasteiger partial charge in [0.15, 0.2) is 0 Å². The first-order valence-electron chi connectivity index (χ1n) is 6.76. The number of aromatic nitrogens is 2. The van der Waals surface area contributed by atoms with Crippen molar-refractivity contribution in [2.75, 3.05) is 5.32 Å². The summed E-state index contributed by atoms with van der Waals surface area (Å²) in [6.45, 7) is 6.58. The van der Waals surface area contributed by atoms with Crippen LogP contribution in [0.1, 0.15) is 31.3 Å². The number of nitrogens with zero attached hydrogens (tertiary/aromatic N) is 2. The van der Waals surface area contributed by atoms with Crippen LogP contribution in [0.15, 0.2) is 30.3 Å². The average Bonchev–Trinajstić information content (AvgIpc) is 2.76. The fourth-order valence-corrected chi connectivity index (χ4v) is 3.04. The summed E-state index contributed by atoms with van der Waals surface area (Å²) >= 11 is 1.67. The predicted molar refractivity (Wildman–Crippen MR) is 81.7 cm³/mol. The van der Waals surface area contributed by atoms with E-state index in [9.17, 15) is 0 Å². The number of nitrogens with one attached hydrogen (secondary N) is 1. The molecular formula is C15H21N3S. The molecule has 1 unspecified atom stereocenters. The summed E-state index contributed by atoms with van der Waals surface area (Å²) in [7, 11) is 0. The van der Waals surface area contributed by atoms with Crippen molar-refractivity contribution in [3.63, 3.8) is 0 Å². The molecule has 1 aromatic heterocycles. The monoisotopic (exact) mass is 275 g/mol. The van der Waals surface area contributed by atoms with Gasteiger partial charge in [0, 0.05) is 12.5 Å². The largest absolute Gasteiger partial charge is 0.357 e. The number of benzene rings is 1. The van der Waals surface area contributed by atoms with Crippen LogP contribution >= 0.6 is 11.3 Å². The second kappa shape index (κ2) is 6.66. The third-order valence-corrected chi connectivity index (χ3v) is 3.68. The highest BCUT2D eigenvalue weighted by molar-refractivity contribution is 7.15. The van der Waals surface area contributed by atoms with Gasteiger partial charge in [0.1, 0.15) is 5.01 Å². The average molecular weight is 275 g/mol. The van der Waals surface area contributed by atoms with E-state index in [1.165, 1.54) is 5.56 Å². The molecule has 2 aromatic rings. The highest BCUT2D eigenvalue weighted by Crippen LogP contribution is 2.19. The second-order valence-electron chi connectivity index (χ2n) is 5.33. The SMILES string of the molecule is CC(C)Cc1nnc(NC(C)Cc2ccccc2)s1. The van der Waals surface area contributed by atoms with Gasteiger partial charge in [0.05, 0.1) is 0 Å². The van der Waals surface area contributed by atoms with Crippen LogP contribution in [0.3, 0.4) is 0 Å². The minimum absolute atomic E-state index is 0.363. The molecule has 0 radical (unpaired) electrons. The van der Waals surface area contributed by atoms with Crippen LogP contribution in [-0.2, 0) is 12.8 Å². The minimum Gasteiger partial charge on any atom is -0.357 e. The van der Waals surface area contributed by atoms with E-state index in [2.05, 4.69) is 60.6 Å². The fourth-order valence-electron chi connectivity index (χ4n) is 1.97. The summed E-state index contributed by atoms with van der Waals surface area (Å²) in [5.41, 5.74) is 1.34. The normalized spacial score (nSPS) is 12.6. The molecule has 0 bridgehead atoms. The molecule has 1 heterocycles. The fraction of sp³-hybridized carbons (Fsp3) is 0.467. The number of rotatable bonds is 6. The lowest BCUT2D eigenvalue weighted by atomic mass is 10.1. The van der Waals surface area contributed by atoms with Gasteiger partial charge in [-0.1, -0.05) is 55.5 Å². The van der Waals surface area contributed by atoms with Crippen molar-refractivity contribution in [3.05, 3.63) is 40.9 Å². The Bertz CT molecular complexity index is 493. The molecule has 1 aromatic carbocycles. The Kier molecular flexibility index (Phi) is 4.91. The molecule has 4 heteroatoms. The summed E-state index contributed by atoms with van der Waals surface area (Å²) in [6.07, 6.45) is 2.01. The van der Waals surface area contributed by atoms with Gasteiger partial charge < -0.3 is 5.32 Å². The van der Waals surface area contributed by atoms with Crippen molar-refractivity contribution in [2.24, 2.45) is 5.92 Å². The Labute approximate surface area is 119 Å². The van der Waals surface area contributed by atoms with Gasteiger partial charge in [-0.25, -0.2) is 0 Å². The molecule has 0 fully saturated rings. The van der Waals surface area contributed by atoms with Crippen LogP contribution in [0.4, 0.5) is 5.13 Å². The van der Waals surface area contributed by atoms with Crippen molar-refractivity contribution < 1.29 is 0 Å². The quantitative estimate of drug-likeness (QED) is 0.872. The van der Waals surface area contributed by atoms with Crippen molar-refractivity contribution in [1.82, 2.24) is 10.2 Å². The van der Waals surface area contributed by atoms with Gasteiger partial charge in [-0.3, -0.25) is 0 Å². The zero-order valence-electron chi connectivity index (χ0n) is 11.8. The smallest absolute Gasteiger partial charge is 0.205 e. The Morgan fingerprint density at radius 3 is 2.47 bits per heavy atom. The summed E-state index contributed by atoms with van der Waals surface area (Å²) in [4.78, 5) is 0. The van der Waals surface area contributed by atoms with E-state index in [1.807, 2.05) is 6.07 Å². The lowest BCUT2D eigenvalue weighted by Gasteiger charge is -2.12. The molecule has 0 aliphatic rings. The molecular weight excluding hydrogens is 254 g/mol. The van der Waals surface area contributed by atoms with Gasteiger partial charge in [0.25, 0.3) is 0 Å². The van der Waals surface area contributed by atoms with E-state index in [4.69, 9.17) is 0 Å². The summed E-state index contributed by atoms with van der Waals surface area (Å²) < 4.78 is 0. The van der Waals surface area contributed by atoms with Gasteiger partial charge >= 0.3 is 0 Å². The lowest BCUT2D eigenvalue weighted by Crippen LogP contribution is -2.17. The third-order valence-electron chi connectivity index (χ3n) is 2.80. The van der Waals surface area contributed by atoms with Crippen molar-refractivity contribution in [3.8, 4) is 0 Å². The first kappa shape index (κ1) is 14.0. The Hall–Kier alpha value is -1.42. The van der Waals surface area contributed by atoms with Crippen LogP contribution < -0.4 is 5.32 Å². The summed E-state index contributed by atoms with van der Waals surface area (Å²) in [5, 5.41) is 13.9. The number of anilines is 1. The Morgan fingerprint density at radius 2 is 1.79 bits per heavy atom. The maximum atomic E-state index is 4.22. The van der Waals surface area contributed by atoms with Gasteiger partial charge in [-0.2, -0.15) is 0 Å². The van der Waals surface area contributed by atoms with E-state index in [1.54, 1.807) is 11.3 Å². The molecule has 3 nitrogen and oxygen atoms in total. The van der Waals surface area contributed by atoms with E-state index < -0.39 is 0 Å². The van der Waals surface area contributed by atoms with Gasteiger partial charge in [0.2, 0.25) is 5.13 Å². The summed E-state index contributed by atoms with van der Waals surface area (Å²) in [6, 6.07) is 10.9. The van der Waals surface area contributed by atoms with Crippen molar-refractivity contribution in [1.29, 1.82) is 0 Å². The van der Waals surface area contributed by atoms with Crippen LogP contribution in [0.25, 0.3) is 0 Å². The summed E-state index contributed by atoms with van der Waals surface area (Å²) in [5.74, 6) is 0.627. The lowest BCUT2D eigenvalue weighted by molar-refractivity contribution is 0.640. The molecule has 0 amide bonds. The standard InChI is InChI=1S/C15H21N3S/c1-11(2)9-14-17-18-15(19-14)16-12(3)10-13-7-5-4-6-8-13/h4-8,11-12H,9-10H2,1-3H3,(H,16,18). The Morgan fingerprint density at radius 1 is 1.05 bits per heavy atom. The van der Waals surface area contributed by atoms with E-state index in [0.717, 1.165) is 23.0 Å². The highest BCUT2D eigenvalue weighted by atomic mass is 32.1. The van der Waals surface area contributed by atoms with Gasteiger partial charge in [-0.05, 0) is 24.8 Å². The molecule has 0 aliphatic carbocycles. The molecule has 19 heavy (non-hydrogen) atoms. The van der Waals surface area contributed by atoms with Crippen LogP contribution in [0.5, 0.6) is 0 Å². The molecule has 0 aliphatic heterocycles. The zero-order valence-corrected chi connectivity index (χ0v) is 12.6. The highest BCUT2D eigenvalue weighted by Gasteiger charge is 2.09. The molecule has 1 atom stereocenters. The maximum absolute atomic E-state index is 4.22. The molecule has 0 saturated carbocycles. The van der Waals surface area contributed by atoms with E-state index in [-0.39, 0.29) is 0 Å². The molecule has 102 valence electrons. The molecule has 0 saturated heterocycles. The molecule has 0 spiro atoms. The maximum Gasteiger partial charge on any atom is 0.205 e. The predicted octanol–water partition coefficient (Wildman–Crippen LogP) is 3.78. The van der Waals surface area contributed by atoms with E-state index >= 15 is 0 Å². The van der Waals surface area contributed by atoms with E-state index in [0.29, 0.717) is 12.0 Å². The topological polar surface area (TPSA) is 37.8 Å². The molecule has 2 rings (SSSR count). The van der Waals surface area contributed by atoms with Crippen LogP contribution in [0.2, 0.25) is 0 Å². The first-order chi connectivity index (χ1) is 9.13. The van der Waals surface area contributed by atoms with Gasteiger partial charge in [-0.15, -0.1) is 10.2 Å².